The lowest BCUT2D eigenvalue weighted by atomic mass is 9.77. The van der Waals surface area contributed by atoms with Crippen molar-refractivity contribution in [3.05, 3.63) is 0 Å². The Labute approximate surface area is 118 Å². The van der Waals surface area contributed by atoms with Gasteiger partial charge in [-0.05, 0) is 51.5 Å². The highest BCUT2D eigenvalue weighted by atomic mass is 32.2. The van der Waals surface area contributed by atoms with Crippen LogP contribution in [0.4, 0.5) is 0 Å². The zero-order valence-corrected chi connectivity index (χ0v) is 13.3. The first-order valence-corrected chi connectivity index (χ1v) is 9.53. The molecule has 114 valence electrons. The van der Waals surface area contributed by atoms with Crippen molar-refractivity contribution in [2.45, 2.75) is 58.1 Å². The molecule has 1 saturated carbocycles. The first-order chi connectivity index (χ1) is 8.94. The van der Waals surface area contributed by atoms with Crippen LogP contribution in [0.2, 0.25) is 0 Å². The van der Waals surface area contributed by atoms with E-state index >= 15 is 0 Å². The van der Waals surface area contributed by atoms with Gasteiger partial charge in [-0.3, -0.25) is 0 Å². The van der Waals surface area contributed by atoms with Crippen molar-refractivity contribution >= 4 is 9.84 Å². The van der Waals surface area contributed by atoms with Crippen molar-refractivity contribution in [3.8, 4) is 0 Å². The predicted octanol–water partition coefficient (Wildman–Crippen LogP) is 1.99. The van der Waals surface area contributed by atoms with E-state index in [4.69, 9.17) is 4.74 Å². The molecule has 1 N–H and O–H groups in total. The molecule has 0 aliphatic heterocycles. The third kappa shape index (κ3) is 7.28. The quantitative estimate of drug-likeness (QED) is 0.669. The number of nitrogens with one attached hydrogen (secondary N) is 1. The molecule has 1 unspecified atom stereocenters. The fraction of sp³-hybridized carbons (Fsp3) is 1.00. The molecule has 0 aromatic rings. The highest BCUT2D eigenvalue weighted by molar-refractivity contribution is 7.90. The molecule has 0 aromatic heterocycles. The summed E-state index contributed by atoms with van der Waals surface area (Å²) in [5.74, 6) is 1.06. The lowest BCUT2D eigenvalue weighted by molar-refractivity contribution is -0.0292. The van der Waals surface area contributed by atoms with E-state index in [2.05, 4.69) is 12.2 Å². The smallest absolute Gasteiger partial charge is 0.147 e. The monoisotopic (exact) mass is 291 g/mol. The summed E-state index contributed by atoms with van der Waals surface area (Å²) in [7, 11) is -2.82. The van der Waals surface area contributed by atoms with Crippen LogP contribution < -0.4 is 5.32 Å². The Kier molecular flexibility index (Phi) is 7.32. The molecule has 0 saturated heterocycles. The Morgan fingerprint density at radius 1 is 1.32 bits per heavy atom. The molecule has 1 aliphatic carbocycles. The summed E-state index contributed by atoms with van der Waals surface area (Å²) in [5, 5.41) is 3.48. The van der Waals surface area contributed by atoms with Gasteiger partial charge in [0.1, 0.15) is 9.84 Å². The zero-order valence-electron chi connectivity index (χ0n) is 12.5. The van der Waals surface area contributed by atoms with Crippen molar-refractivity contribution in [2.75, 3.05) is 25.2 Å². The molecule has 1 fully saturated rings. The molecule has 0 bridgehead atoms. The molecular formula is C14H29NO3S. The summed E-state index contributed by atoms with van der Waals surface area (Å²) in [4.78, 5) is 0. The van der Waals surface area contributed by atoms with E-state index in [1.807, 2.05) is 6.92 Å². The summed E-state index contributed by atoms with van der Waals surface area (Å²) < 4.78 is 27.9. The molecule has 0 amide bonds. The molecule has 0 aromatic carbocycles. The number of ether oxygens (including phenoxy) is 1. The van der Waals surface area contributed by atoms with Crippen LogP contribution in [0.25, 0.3) is 0 Å². The topological polar surface area (TPSA) is 55.4 Å². The second kappa shape index (κ2) is 8.22. The van der Waals surface area contributed by atoms with Gasteiger partial charge >= 0.3 is 0 Å². The number of hydrogen-bond acceptors (Lipinski definition) is 4. The molecule has 4 nitrogen and oxygen atoms in total. The molecule has 5 heteroatoms. The Hall–Kier alpha value is -0.130. The molecule has 0 heterocycles. The van der Waals surface area contributed by atoms with Gasteiger partial charge in [-0.15, -0.1) is 0 Å². The maximum Gasteiger partial charge on any atom is 0.147 e. The lowest BCUT2D eigenvalue weighted by Crippen LogP contribution is -2.38. The van der Waals surface area contributed by atoms with E-state index in [1.165, 1.54) is 19.1 Å². The van der Waals surface area contributed by atoms with Crippen LogP contribution in [0.1, 0.15) is 46.0 Å². The van der Waals surface area contributed by atoms with Crippen molar-refractivity contribution in [1.82, 2.24) is 5.32 Å². The van der Waals surface area contributed by atoms with E-state index in [-0.39, 0.29) is 0 Å². The van der Waals surface area contributed by atoms with Crippen LogP contribution in [-0.4, -0.2) is 45.7 Å². The third-order valence-electron chi connectivity index (χ3n) is 3.77. The van der Waals surface area contributed by atoms with Gasteiger partial charge in [-0.25, -0.2) is 8.42 Å². The Morgan fingerprint density at radius 2 is 2.00 bits per heavy atom. The molecule has 1 atom stereocenters. The van der Waals surface area contributed by atoms with Crippen molar-refractivity contribution in [2.24, 2.45) is 5.92 Å². The third-order valence-corrected chi connectivity index (χ3v) is 4.80. The highest BCUT2D eigenvalue weighted by Crippen LogP contribution is 2.34. The molecule has 1 aliphatic rings. The van der Waals surface area contributed by atoms with E-state index in [0.717, 1.165) is 38.3 Å². The SMILES string of the molecule is CCNC(CCCS(C)(=O)=O)CC1CC(OCC)C1. The normalized spacial score (nSPS) is 25.0. The maximum absolute atomic E-state index is 11.1. The van der Waals surface area contributed by atoms with Crippen LogP contribution in [0.5, 0.6) is 0 Å². The highest BCUT2D eigenvalue weighted by Gasteiger charge is 2.31. The largest absolute Gasteiger partial charge is 0.378 e. The lowest BCUT2D eigenvalue weighted by Gasteiger charge is -2.37. The van der Waals surface area contributed by atoms with E-state index < -0.39 is 9.84 Å². The average molecular weight is 291 g/mol. The fourth-order valence-electron chi connectivity index (χ4n) is 2.82. The average Bonchev–Trinajstić information content (AvgIpc) is 2.24. The van der Waals surface area contributed by atoms with Crippen LogP contribution in [0.3, 0.4) is 0 Å². The number of rotatable bonds is 10. The van der Waals surface area contributed by atoms with Crippen LogP contribution >= 0.6 is 0 Å². The van der Waals surface area contributed by atoms with E-state index in [1.54, 1.807) is 0 Å². The second-order valence-electron chi connectivity index (χ2n) is 5.68. The van der Waals surface area contributed by atoms with E-state index in [0.29, 0.717) is 17.9 Å². The molecule has 1 rings (SSSR count). The van der Waals surface area contributed by atoms with Gasteiger partial charge in [0.25, 0.3) is 0 Å². The predicted molar refractivity (Wildman–Crippen MR) is 79.2 cm³/mol. The van der Waals surface area contributed by atoms with Gasteiger partial charge in [0.05, 0.1) is 6.10 Å². The van der Waals surface area contributed by atoms with Crippen molar-refractivity contribution in [1.29, 1.82) is 0 Å². The molecule has 0 spiro atoms. The summed E-state index contributed by atoms with van der Waals surface area (Å²) in [6.07, 6.45) is 6.99. The van der Waals surface area contributed by atoms with Crippen molar-refractivity contribution < 1.29 is 13.2 Å². The zero-order chi connectivity index (χ0) is 14.3. The van der Waals surface area contributed by atoms with Gasteiger partial charge in [0.15, 0.2) is 0 Å². The molecule has 19 heavy (non-hydrogen) atoms. The Bertz CT molecular complexity index is 337. The minimum atomic E-state index is -2.82. The van der Waals surface area contributed by atoms with Crippen LogP contribution in [-0.2, 0) is 14.6 Å². The standard InChI is InChI=1S/C14H29NO3S/c1-4-15-13(7-6-8-19(3,16)17)9-12-10-14(11-12)18-5-2/h12-15H,4-11H2,1-3H3. The van der Waals surface area contributed by atoms with Gasteiger partial charge in [-0.2, -0.15) is 0 Å². The summed E-state index contributed by atoms with van der Waals surface area (Å²) in [6.45, 7) is 5.90. The fourth-order valence-corrected chi connectivity index (χ4v) is 3.52. The minimum absolute atomic E-state index is 0.307. The second-order valence-corrected chi connectivity index (χ2v) is 7.94. The maximum atomic E-state index is 11.1. The summed E-state index contributed by atoms with van der Waals surface area (Å²) in [5.41, 5.74) is 0. The van der Waals surface area contributed by atoms with Crippen LogP contribution in [0, 0.1) is 5.92 Å². The van der Waals surface area contributed by atoms with Gasteiger partial charge < -0.3 is 10.1 Å². The van der Waals surface area contributed by atoms with Crippen LogP contribution in [0.15, 0.2) is 0 Å². The Balaban J connectivity index is 2.22. The van der Waals surface area contributed by atoms with Crippen molar-refractivity contribution in [3.63, 3.8) is 0 Å². The Morgan fingerprint density at radius 3 is 2.53 bits per heavy atom. The molecular weight excluding hydrogens is 262 g/mol. The summed E-state index contributed by atoms with van der Waals surface area (Å²) >= 11 is 0. The number of sulfone groups is 1. The van der Waals surface area contributed by atoms with Gasteiger partial charge in [0, 0.05) is 24.7 Å². The minimum Gasteiger partial charge on any atom is -0.378 e. The molecule has 0 radical (unpaired) electrons. The number of hydrogen-bond donors (Lipinski definition) is 1. The van der Waals surface area contributed by atoms with Gasteiger partial charge in [0.2, 0.25) is 0 Å². The van der Waals surface area contributed by atoms with Gasteiger partial charge in [-0.1, -0.05) is 6.92 Å². The summed E-state index contributed by atoms with van der Waals surface area (Å²) in [6, 6.07) is 0.458. The first-order valence-electron chi connectivity index (χ1n) is 7.47. The first kappa shape index (κ1) is 16.9. The van der Waals surface area contributed by atoms with E-state index in [9.17, 15) is 8.42 Å².